The maximum absolute atomic E-state index is 11.9. The highest BCUT2D eigenvalue weighted by Gasteiger charge is 2.30. The first-order chi connectivity index (χ1) is 7.99. The largest absolute Gasteiger partial charge is 0.394 e. The lowest BCUT2D eigenvalue weighted by atomic mass is 10.0. The minimum atomic E-state index is -1.39. The third kappa shape index (κ3) is 2.66. The lowest BCUT2D eigenvalue weighted by Gasteiger charge is -2.28. The van der Waals surface area contributed by atoms with Crippen LogP contribution in [0.1, 0.15) is 16.2 Å². The van der Waals surface area contributed by atoms with Gasteiger partial charge in [0, 0.05) is 12.7 Å². The van der Waals surface area contributed by atoms with Crippen LogP contribution in [0.15, 0.2) is 12.1 Å². The van der Waals surface area contributed by atoms with Crippen molar-refractivity contribution >= 4 is 5.91 Å². The van der Waals surface area contributed by atoms with E-state index in [1.165, 1.54) is 0 Å². The molecule has 0 aromatic carbocycles. The van der Waals surface area contributed by atoms with Gasteiger partial charge in [0.2, 0.25) is 0 Å². The Kier molecular flexibility index (Phi) is 4.28. The van der Waals surface area contributed by atoms with Crippen molar-refractivity contribution in [3.63, 3.8) is 0 Å². The van der Waals surface area contributed by atoms with E-state index in [0.29, 0.717) is 5.69 Å². The Morgan fingerprint density at radius 3 is 2.18 bits per heavy atom. The smallest absolute Gasteiger partial charge is 0.268 e. The average Bonchev–Trinajstić information content (AvgIpc) is 2.67. The zero-order valence-corrected chi connectivity index (χ0v) is 9.97. The minimum Gasteiger partial charge on any atom is -0.394 e. The number of carbonyl (C=O) groups is 1. The van der Waals surface area contributed by atoms with E-state index in [0.717, 1.165) is 5.69 Å². The van der Waals surface area contributed by atoms with E-state index in [-0.39, 0.29) is 0 Å². The quantitative estimate of drug-likeness (QED) is 0.520. The second-order valence-corrected chi connectivity index (χ2v) is 4.13. The van der Waals surface area contributed by atoms with E-state index >= 15 is 0 Å². The minimum absolute atomic E-state index is 0.405. The molecule has 0 saturated heterocycles. The highest BCUT2D eigenvalue weighted by atomic mass is 16.3. The topological polar surface area (TPSA) is 94.7 Å². The van der Waals surface area contributed by atoms with E-state index in [1.54, 1.807) is 23.7 Å². The number of nitrogens with one attached hydrogen (secondary N) is 1. The number of aromatic nitrogens is 1. The van der Waals surface area contributed by atoms with Gasteiger partial charge in [-0.25, -0.2) is 0 Å². The second kappa shape index (κ2) is 5.31. The summed E-state index contributed by atoms with van der Waals surface area (Å²) in [5, 5.41) is 29.8. The number of aryl methyl sites for hydroxylation is 1. The highest BCUT2D eigenvalue weighted by molar-refractivity contribution is 5.93. The van der Waals surface area contributed by atoms with Crippen LogP contribution in [-0.2, 0) is 7.05 Å². The fraction of sp³-hybridized carbons (Fsp3) is 0.545. The molecule has 0 bridgehead atoms. The van der Waals surface area contributed by atoms with Crippen LogP contribution in [0.4, 0.5) is 0 Å². The Morgan fingerprint density at radius 2 is 1.82 bits per heavy atom. The Bertz CT molecular complexity index is 388. The standard InChI is InChI=1S/C11H18N2O4/c1-8-3-4-9(13(8)2)10(17)12-11(5-14,6-15)7-16/h3-4,14-16H,5-7H2,1-2H3,(H,12,17). The average molecular weight is 242 g/mol. The molecule has 0 fully saturated rings. The van der Waals surface area contributed by atoms with Gasteiger partial charge in [-0.3, -0.25) is 4.79 Å². The fourth-order valence-electron chi connectivity index (χ4n) is 1.41. The number of hydrogen-bond donors (Lipinski definition) is 4. The summed E-state index contributed by atoms with van der Waals surface area (Å²) in [4.78, 5) is 11.9. The SMILES string of the molecule is Cc1ccc(C(=O)NC(CO)(CO)CO)n1C. The van der Waals surface area contributed by atoms with Crippen LogP contribution in [0.5, 0.6) is 0 Å². The Morgan fingerprint density at radius 1 is 1.29 bits per heavy atom. The molecule has 1 amide bonds. The van der Waals surface area contributed by atoms with Gasteiger partial charge in [-0.05, 0) is 19.1 Å². The lowest BCUT2D eigenvalue weighted by Crippen LogP contribution is -2.57. The van der Waals surface area contributed by atoms with E-state index in [9.17, 15) is 4.79 Å². The summed E-state index contributed by atoms with van der Waals surface area (Å²) in [7, 11) is 1.74. The third-order valence-corrected chi connectivity index (χ3v) is 2.89. The van der Waals surface area contributed by atoms with Crippen LogP contribution in [0.2, 0.25) is 0 Å². The molecule has 0 aliphatic rings. The van der Waals surface area contributed by atoms with Crippen LogP contribution in [0.3, 0.4) is 0 Å². The molecule has 0 aliphatic heterocycles. The number of aliphatic hydroxyl groups excluding tert-OH is 3. The molecule has 96 valence electrons. The van der Waals surface area contributed by atoms with Gasteiger partial charge in [0.1, 0.15) is 11.2 Å². The maximum Gasteiger partial charge on any atom is 0.268 e. The van der Waals surface area contributed by atoms with E-state index in [1.807, 2.05) is 6.92 Å². The van der Waals surface area contributed by atoms with Gasteiger partial charge in [-0.1, -0.05) is 0 Å². The Balaban J connectivity index is 2.88. The van der Waals surface area contributed by atoms with Crippen LogP contribution in [0.25, 0.3) is 0 Å². The Hall–Kier alpha value is -1.37. The zero-order chi connectivity index (χ0) is 13.1. The van der Waals surface area contributed by atoms with Crippen molar-refractivity contribution in [1.29, 1.82) is 0 Å². The maximum atomic E-state index is 11.9. The highest BCUT2D eigenvalue weighted by Crippen LogP contribution is 2.09. The van der Waals surface area contributed by atoms with E-state index in [2.05, 4.69) is 5.32 Å². The van der Waals surface area contributed by atoms with Crippen molar-refractivity contribution in [2.24, 2.45) is 7.05 Å². The van der Waals surface area contributed by atoms with E-state index < -0.39 is 31.3 Å². The summed E-state index contributed by atoms with van der Waals surface area (Å²) in [5.41, 5.74) is -0.0742. The first kappa shape index (κ1) is 13.7. The van der Waals surface area contributed by atoms with E-state index in [4.69, 9.17) is 15.3 Å². The van der Waals surface area contributed by atoms with Gasteiger partial charge in [-0.15, -0.1) is 0 Å². The number of aliphatic hydroxyl groups is 3. The van der Waals surface area contributed by atoms with Crippen LogP contribution in [0, 0.1) is 6.92 Å². The monoisotopic (exact) mass is 242 g/mol. The molecule has 0 atom stereocenters. The van der Waals surface area contributed by atoms with Crippen molar-refractivity contribution in [1.82, 2.24) is 9.88 Å². The summed E-state index contributed by atoms with van der Waals surface area (Å²) in [6.45, 7) is 0.258. The summed E-state index contributed by atoms with van der Waals surface area (Å²) < 4.78 is 1.69. The molecule has 1 aromatic heterocycles. The first-order valence-corrected chi connectivity index (χ1v) is 5.27. The van der Waals surface area contributed by atoms with Gasteiger partial charge in [0.15, 0.2) is 0 Å². The normalized spacial score (nSPS) is 11.6. The van der Waals surface area contributed by atoms with Crippen molar-refractivity contribution in [2.75, 3.05) is 19.8 Å². The molecule has 0 unspecified atom stereocenters. The molecule has 1 aromatic rings. The molecular formula is C11H18N2O4. The van der Waals surface area contributed by atoms with Crippen molar-refractivity contribution in [2.45, 2.75) is 12.5 Å². The summed E-state index contributed by atoms with van der Waals surface area (Å²) >= 11 is 0. The summed E-state index contributed by atoms with van der Waals surface area (Å²) in [6, 6.07) is 3.43. The van der Waals surface area contributed by atoms with Crippen molar-refractivity contribution in [3.8, 4) is 0 Å². The van der Waals surface area contributed by atoms with Crippen LogP contribution >= 0.6 is 0 Å². The number of carbonyl (C=O) groups excluding carboxylic acids is 1. The number of nitrogens with zero attached hydrogens (tertiary/aromatic N) is 1. The predicted molar refractivity (Wildman–Crippen MR) is 61.6 cm³/mol. The molecule has 6 nitrogen and oxygen atoms in total. The zero-order valence-electron chi connectivity index (χ0n) is 9.97. The molecule has 1 rings (SSSR count). The number of hydrogen-bond acceptors (Lipinski definition) is 4. The molecule has 17 heavy (non-hydrogen) atoms. The Labute approximate surface area is 99.5 Å². The van der Waals surface area contributed by atoms with Crippen molar-refractivity contribution < 1.29 is 20.1 Å². The predicted octanol–water partition coefficient (Wildman–Crippen LogP) is -1.22. The molecule has 1 heterocycles. The number of amides is 1. The summed E-state index contributed by atoms with van der Waals surface area (Å²) in [6.07, 6.45) is 0. The first-order valence-electron chi connectivity index (χ1n) is 5.27. The molecule has 0 spiro atoms. The van der Waals surface area contributed by atoms with Gasteiger partial charge < -0.3 is 25.2 Å². The van der Waals surface area contributed by atoms with Gasteiger partial charge in [-0.2, -0.15) is 0 Å². The summed E-state index contributed by atoms with van der Waals surface area (Å²) in [5.74, 6) is -0.447. The fourth-order valence-corrected chi connectivity index (χ4v) is 1.41. The molecule has 6 heteroatoms. The van der Waals surface area contributed by atoms with Gasteiger partial charge in [0.25, 0.3) is 5.91 Å². The molecule has 0 aliphatic carbocycles. The van der Waals surface area contributed by atoms with Gasteiger partial charge >= 0.3 is 0 Å². The number of rotatable bonds is 5. The molecular weight excluding hydrogens is 224 g/mol. The molecule has 0 saturated carbocycles. The van der Waals surface area contributed by atoms with Crippen molar-refractivity contribution in [3.05, 3.63) is 23.5 Å². The molecule has 4 N–H and O–H groups in total. The van der Waals surface area contributed by atoms with Crippen LogP contribution in [-0.4, -0.2) is 51.2 Å². The van der Waals surface area contributed by atoms with Gasteiger partial charge in [0.05, 0.1) is 19.8 Å². The lowest BCUT2D eigenvalue weighted by molar-refractivity contribution is 0.0371. The second-order valence-electron chi connectivity index (χ2n) is 4.13. The van der Waals surface area contributed by atoms with Crippen LogP contribution < -0.4 is 5.32 Å². The molecule has 0 radical (unpaired) electrons. The third-order valence-electron chi connectivity index (χ3n) is 2.89.